The molecule has 25 heavy (non-hydrogen) atoms. The molecule has 2 aromatic rings. The van der Waals surface area contributed by atoms with Crippen molar-refractivity contribution in [3.8, 4) is 0 Å². The van der Waals surface area contributed by atoms with Gasteiger partial charge < -0.3 is 5.11 Å². The molecule has 0 aromatic heterocycles. The monoisotopic (exact) mass is 465 g/mol. The lowest BCUT2D eigenvalue weighted by Gasteiger charge is -2.26. The van der Waals surface area contributed by atoms with E-state index in [-0.39, 0.29) is 34.3 Å². The highest BCUT2D eigenvalue weighted by Crippen LogP contribution is 2.34. The minimum atomic E-state index is -4.03. The minimum Gasteiger partial charge on any atom is -0.481 e. The number of anilines is 1. The zero-order chi connectivity index (χ0) is 18.6. The first-order valence-electron chi connectivity index (χ1n) is 7.17. The lowest BCUT2D eigenvalue weighted by Crippen LogP contribution is -2.32. The van der Waals surface area contributed by atoms with Gasteiger partial charge in [-0.3, -0.25) is 9.10 Å². The summed E-state index contributed by atoms with van der Waals surface area (Å²) in [6.07, 6.45) is -0.00612. The third kappa shape index (κ3) is 4.88. The molecule has 134 valence electrons. The highest BCUT2D eigenvalue weighted by molar-refractivity contribution is 9.10. The smallest absolute Gasteiger partial charge is 0.303 e. The van der Waals surface area contributed by atoms with Crippen LogP contribution in [-0.4, -0.2) is 26.0 Å². The molecule has 0 unspecified atom stereocenters. The van der Waals surface area contributed by atoms with Crippen molar-refractivity contribution in [3.05, 3.63) is 57.0 Å². The maximum atomic E-state index is 13.1. The van der Waals surface area contributed by atoms with Crippen LogP contribution in [0.15, 0.2) is 51.8 Å². The number of aliphatic carboxylic acids is 1. The van der Waals surface area contributed by atoms with Crippen LogP contribution in [0.2, 0.25) is 10.0 Å². The van der Waals surface area contributed by atoms with Gasteiger partial charge in [0.15, 0.2) is 0 Å². The predicted molar refractivity (Wildman–Crippen MR) is 102 cm³/mol. The van der Waals surface area contributed by atoms with E-state index in [9.17, 15) is 13.2 Å². The average molecular weight is 467 g/mol. The molecular formula is C16H14BrCl2NO4S. The molecule has 0 aliphatic heterocycles. The molecular weight excluding hydrogens is 453 g/mol. The average Bonchev–Trinajstić information content (AvgIpc) is 2.54. The number of para-hydroxylation sites is 1. The number of carboxylic acid groups (broad SMARTS) is 1. The Morgan fingerprint density at radius 3 is 2.48 bits per heavy atom. The number of nitrogens with zero attached hydrogens (tertiary/aromatic N) is 1. The Hall–Kier alpha value is -1.28. The van der Waals surface area contributed by atoms with Crippen LogP contribution in [0.3, 0.4) is 0 Å². The fourth-order valence-corrected chi connectivity index (χ4v) is 5.07. The van der Waals surface area contributed by atoms with Crippen molar-refractivity contribution in [2.24, 2.45) is 0 Å². The van der Waals surface area contributed by atoms with Crippen LogP contribution in [0, 0.1) is 0 Å². The molecule has 0 amide bonds. The van der Waals surface area contributed by atoms with E-state index in [1.165, 1.54) is 18.2 Å². The van der Waals surface area contributed by atoms with Gasteiger partial charge in [0.1, 0.15) is 4.90 Å². The molecule has 0 aliphatic carbocycles. The maximum Gasteiger partial charge on any atom is 0.303 e. The summed E-state index contributed by atoms with van der Waals surface area (Å²) in [5.74, 6) is -0.995. The molecule has 2 aromatic carbocycles. The van der Waals surface area contributed by atoms with E-state index in [0.717, 1.165) is 4.31 Å². The third-order valence-electron chi connectivity index (χ3n) is 3.33. The summed E-state index contributed by atoms with van der Waals surface area (Å²) in [7, 11) is -4.03. The van der Waals surface area contributed by atoms with Crippen molar-refractivity contribution in [1.82, 2.24) is 0 Å². The fourth-order valence-electron chi connectivity index (χ4n) is 2.19. The van der Waals surface area contributed by atoms with Crippen LogP contribution < -0.4 is 4.31 Å². The Kier molecular flexibility index (Phi) is 6.73. The summed E-state index contributed by atoms with van der Waals surface area (Å²) < 4.78 is 28.0. The molecule has 5 nitrogen and oxygen atoms in total. The number of benzene rings is 2. The van der Waals surface area contributed by atoms with Gasteiger partial charge in [0.05, 0.1) is 10.7 Å². The van der Waals surface area contributed by atoms with Crippen LogP contribution in [0.25, 0.3) is 0 Å². The van der Waals surface area contributed by atoms with Gasteiger partial charge in [-0.2, -0.15) is 0 Å². The minimum absolute atomic E-state index is 0.0138. The molecule has 1 N–H and O–H groups in total. The summed E-state index contributed by atoms with van der Waals surface area (Å²) in [6, 6.07) is 11.0. The second kappa shape index (κ2) is 8.40. The van der Waals surface area contributed by atoms with E-state index in [1.54, 1.807) is 24.3 Å². The molecule has 0 fully saturated rings. The lowest BCUT2D eigenvalue weighted by molar-refractivity contribution is -0.137. The SMILES string of the molecule is O=C(O)CCCN(c1ccccc1Br)S(=O)(=O)c1cc(Cl)ccc1Cl. The molecule has 0 heterocycles. The van der Waals surface area contributed by atoms with E-state index >= 15 is 0 Å². The molecule has 9 heteroatoms. The zero-order valence-electron chi connectivity index (χ0n) is 12.8. The summed E-state index contributed by atoms with van der Waals surface area (Å²) in [4.78, 5) is 10.7. The third-order valence-corrected chi connectivity index (χ3v) is 6.53. The Morgan fingerprint density at radius 2 is 1.84 bits per heavy atom. The van der Waals surface area contributed by atoms with Crippen molar-refractivity contribution in [2.45, 2.75) is 17.7 Å². The van der Waals surface area contributed by atoms with Gasteiger partial charge in [-0.1, -0.05) is 35.3 Å². The number of sulfonamides is 1. The molecule has 0 saturated carbocycles. The van der Waals surface area contributed by atoms with Crippen LogP contribution in [0.4, 0.5) is 5.69 Å². The quantitative estimate of drug-likeness (QED) is 0.634. The summed E-state index contributed by atoms with van der Waals surface area (Å²) in [6.45, 7) is -0.0138. The van der Waals surface area contributed by atoms with E-state index in [2.05, 4.69) is 15.9 Å². The van der Waals surface area contributed by atoms with Crippen LogP contribution in [0.5, 0.6) is 0 Å². The van der Waals surface area contributed by atoms with Gasteiger partial charge in [0.2, 0.25) is 0 Å². The molecule has 0 bridgehead atoms. The van der Waals surface area contributed by atoms with Crippen molar-refractivity contribution < 1.29 is 18.3 Å². The van der Waals surface area contributed by atoms with Crippen molar-refractivity contribution >= 4 is 60.8 Å². The van der Waals surface area contributed by atoms with E-state index in [4.69, 9.17) is 28.3 Å². The van der Waals surface area contributed by atoms with Gasteiger partial charge in [-0.15, -0.1) is 0 Å². The predicted octanol–water partition coefficient (Wildman–Crippen LogP) is 4.82. The number of hydrogen-bond donors (Lipinski definition) is 1. The van der Waals surface area contributed by atoms with Gasteiger partial charge >= 0.3 is 5.97 Å². The first-order valence-corrected chi connectivity index (χ1v) is 10.2. The van der Waals surface area contributed by atoms with Gasteiger partial charge in [-0.25, -0.2) is 8.42 Å². The van der Waals surface area contributed by atoms with Crippen molar-refractivity contribution in [3.63, 3.8) is 0 Å². The van der Waals surface area contributed by atoms with Crippen LogP contribution in [0.1, 0.15) is 12.8 Å². The van der Waals surface area contributed by atoms with E-state index < -0.39 is 16.0 Å². The number of carboxylic acids is 1. The topological polar surface area (TPSA) is 74.7 Å². The number of carbonyl (C=O) groups is 1. The zero-order valence-corrected chi connectivity index (χ0v) is 16.7. The summed E-state index contributed by atoms with van der Waals surface area (Å²) in [5, 5.41) is 9.11. The maximum absolute atomic E-state index is 13.1. The van der Waals surface area contributed by atoms with Crippen LogP contribution >= 0.6 is 39.1 Å². The van der Waals surface area contributed by atoms with Crippen molar-refractivity contribution in [2.75, 3.05) is 10.8 Å². The van der Waals surface area contributed by atoms with Gasteiger partial charge in [0.25, 0.3) is 10.0 Å². The number of halogens is 3. The fraction of sp³-hybridized carbons (Fsp3) is 0.188. The normalized spacial score (nSPS) is 11.3. The molecule has 0 atom stereocenters. The number of rotatable bonds is 7. The summed E-state index contributed by atoms with van der Waals surface area (Å²) >= 11 is 15.3. The first-order chi connectivity index (χ1) is 11.7. The highest BCUT2D eigenvalue weighted by atomic mass is 79.9. The molecule has 0 radical (unpaired) electrons. The molecule has 0 aliphatic rings. The number of hydrogen-bond acceptors (Lipinski definition) is 3. The molecule has 2 rings (SSSR count). The van der Waals surface area contributed by atoms with Crippen LogP contribution in [-0.2, 0) is 14.8 Å². The first kappa shape index (κ1) is 20.0. The largest absolute Gasteiger partial charge is 0.481 e. The Bertz CT molecular complexity index is 889. The Labute approximate surface area is 164 Å². The standard InChI is InChI=1S/C16H14BrCl2NO4S/c17-12-4-1-2-5-14(12)20(9-3-6-16(21)22)25(23,24)15-10-11(18)7-8-13(15)19/h1-2,4-5,7-8,10H,3,6,9H2,(H,21,22). The van der Waals surface area contributed by atoms with E-state index in [1.807, 2.05) is 0 Å². The lowest BCUT2D eigenvalue weighted by atomic mass is 10.3. The summed E-state index contributed by atoms with van der Waals surface area (Å²) in [5.41, 5.74) is 0.393. The molecule has 0 saturated heterocycles. The second-order valence-corrected chi connectivity index (χ2v) is 8.63. The van der Waals surface area contributed by atoms with Gasteiger partial charge in [-0.05, 0) is 52.7 Å². The van der Waals surface area contributed by atoms with Crippen molar-refractivity contribution in [1.29, 1.82) is 0 Å². The second-order valence-electron chi connectivity index (χ2n) is 5.10. The van der Waals surface area contributed by atoms with E-state index in [0.29, 0.717) is 10.2 Å². The highest BCUT2D eigenvalue weighted by Gasteiger charge is 2.28. The Balaban J connectivity index is 2.51. The Morgan fingerprint density at radius 1 is 1.16 bits per heavy atom. The van der Waals surface area contributed by atoms with Gasteiger partial charge in [0, 0.05) is 22.5 Å². The molecule has 0 spiro atoms.